The van der Waals surface area contributed by atoms with Crippen LogP contribution in [0.25, 0.3) is 0 Å². The molecule has 1 aliphatic rings. The molecule has 0 bridgehead atoms. The highest BCUT2D eigenvalue weighted by Gasteiger charge is 2.22. The zero-order valence-electron chi connectivity index (χ0n) is 17.8. The molecule has 0 radical (unpaired) electrons. The van der Waals surface area contributed by atoms with Crippen LogP contribution in [-0.4, -0.2) is 38.3 Å². The van der Waals surface area contributed by atoms with E-state index in [-0.39, 0.29) is 24.0 Å². The molecule has 3 rings (SSSR count). The number of aromatic nitrogens is 1. The van der Waals surface area contributed by atoms with E-state index in [2.05, 4.69) is 20.6 Å². The van der Waals surface area contributed by atoms with Gasteiger partial charge in [0.15, 0.2) is 5.96 Å². The van der Waals surface area contributed by atoms with E-state index in [9.17, 15) is 0 Å². The highest BCUT2D eigenvalue weighted by Crippen LogP contribution is 2.29. The summed E-state index contributed by atoms with van der Waals surface area (Å²) in [4.78, 5) is 8.97. The van der Waals surface area contributed by atoms with Gasteiger partial charge in [-0.25, -0.2) is 9.98 Å². The number of halogens is 1. The number of guanidine groups is 1. The molecule has 0 atom stereocenters. The molecular formula is C22H31IN4O3. The quantitative estimate of drug-likeness (QED) is 0.279. The van der Waals surface area contributed by atoms with Gasteiger partial charge in [-0.15, -0.1) is 24.0 Å². The summed E-state index contributed by atoms with van der Waals surface area (Å²) in [5, 5.41) is 6.63. The second-order valence-electron chi connectivity index (χ2n) is 6.98. The first kappa shape index (κ1) is 24.0. The van der Waals surface area contributed by atoms with Crippen LogP contribution in [0, 0.1) is 5.92 Å². The first-order chi connectivity index (χ1) is 14.2. The number of nitrogens with one attached hydrogen (secondary N) is 2. The lowest BCUT2D eigenvalue weighted by Crippen LogP contribution is -2.36. The van der Waals surface area contributed by atoms with Gasteiger partial charge in [-0.05, 0) is 49.4 Å². The minimum Gasteiger partial charge on any atom is -0.497 e. The fourth-order valence-corrected chi connectivity index (χ4v) is 2.80. The van der Waals surface area contributed by atoms with Gasteiger partial charge in [-0.3, -0.25) is 0 Å². The van der Waals surface area contributed by atoms with Gasteiger partial charge in [0.25, 0.3) is 0 Å². The maximum absolute atomic E-state index is 5.76. The third-order valence-electron chi connectivity index (χ3n) is 4.67. The Kier molecular flexibility index (Phi) is 9.99. The predicted octanol–water partition coefficient (Wildman–Crippen LogP) is 3.76. The summed E-state index contributed by atoms with van der Waals surface area (Å²) in [5.41, 5.74) is 2.09. The molecule has 0 saturated heterocycles. The van der Waals surface area contributed by atoms with Crippen molar-refractivity contribution in [3.63, 3.8) is 0 Å². The lowest BCUT2D eigenvalue weighted by atomic mass is 10.2. The number of nitrogens with zero attached hydrogens (tertiary/aromatic N) is 2. The van der Waals surface area contributed by atoms with E-state index in [0.29, 0.717) is 24.9 Å². The summed E-state index contributed by atoms with van der Waals surface area (Å²) in [6, 6.07) is 9.71. The highest BCUT2D eigenvalue weighted by atomic mass is 127. The van der Waals surface area contributed by atoms with Gasteiger partial charge < -0.3 is 24.8 Å². The van der Waals surface area contributed by atoms with E-state index in [1.54, 1.807) is 20.4 Å². The third kappa shape index (κ3) is 7.55. The largest absolute Gasteiger partial charge is 0.497 e. The van der Waals surface area contributed by atoms with Crippen molar-refractivity contribution in [2.24, 2.45) is 10.9 Å². The Hall–Kier alpha value is -2.23. The smallest absolute Gasteiger partial charge is 0.213 e. The van der Waals surface area contributed by atoms with Crippen molar-refractivity contribution in [1.29, 1.82) is 0 Å². The Bertz CT molecular complexity index is 828. The lowest BCUT2D eigenvalue weighted by Gasteiger charge is -2.14. The molecule has 0 spiro atoms. The van der Waals surface area contributed by atoms with E-state index in [0.717, 1.165) is 41.7 Å². The summed E-state index contributed by atoms with van der Waals surface area (Å²) in [5.74, 6) is 3.66. The van der Waals surface area contributed by atoms with Gasteiger partial charge in [0.2, 0.25) is 5.88 Å². The van der Waals surface area contributed by atoms with E-state index in [4.69, 9.17) is 14.2 Å². The summed E-state index contributed by atoms with van der Waals surface area (Å²) < 4.78 is 16.5. The Morgan fingerprint density at radius 1 is 1.13 bits per heavy atom. The molecule has 0 aliphatic heterocycles. The van der Waals surface area contributed by atoms with Crippen LogP contribution in [-0.2, 0) is 13.1 Å². The number of aliphatic imine (C=N–C) groups is 1. The number of benzene rings is 1. The van der Waals surface area contributed by atoms with Crippen molar-refractivity contribution in [1.82, 2.24) is 15.6 Å². The molecule has 7 nitrogen and oxygen atoms in total. The van der Waals surface area contributed by atoms with Crippen LogP contribution in [0.5, 0.6) is 17.4 Å². The molecule has 1 aromatic carbocycles. The van der Waals surface area contributed by atoms with Gasteiger partial charge in [-0.1, -0.05) is 0 Å². The van der Waals surface area contributed by atoms with Crippen LogP contribution in [0.3, 0.4) is 0 Å². The van der Waals surface area contributed by atoms with E-state index in [1.165, 1.54) is 12.8 Å². The first-order valence-corrected chi connectivity index (χ1v) is 10.0. The molecule has 1 saturated carbocycles. The van der Waals surface area contributed by atoms with Crippen LogP contribution >= 0.6 is 24.0 Å². The van der Waals surface area contributed by atoms with E-state index < -0.39 is 0 Å². The molecule has 1 heterocycles. The molecular weight excluding hydrogens is 495 g/mol. The number of rotatable bonds is 10. The summed E-state index contributed by atoms with van der Waals surface area (Å²) in [6.07, 6.45) is 4.30. The molecule has 30 heavy (non-hydrogen) atoms. The molecule has 2 N–H and O–H groups in total. The third-order valence-corrected chi connectivity index (χ3v) is 4.67. The molecule has 0 unspecified atom stereocenters. The van der Waals surface area contributed by atoms with Gasteiger partial charge in [0, 0.05) is 37.0 Å². The maximum Gasteiger partial charge on any atom is 0.213 e. The Morgan fingerprint density at radius 3 is 2.67 bits per heavy atom. The summed E-state index contributed by atoms with van der Waals surface area (Å²) in [6.45, 7) is 4.70. The van der Waals surface area contributed by atoms with Crippen LogP contribution in [0.2, 0.25) is 0 Å². The molecule has 1 aliphatic carbocycles. The average molecular weight is 526 g/mol. The Balaban J connectivity index is 0.00000320. The Labute approximate surface area is 195 Å². The fraction of sp³-hybridized carbons (Fsp3) is 0.455. The van der Waals surface area contributed by atoms with E-state index in [1.807, 2.05) is 37.3 Å². The van der Waals surface area contributed by atoms with Crippen molar-refractivity contribution >= 4 is 29.9 Å². The molecule has 1 aromatic heterocycles. The SMILES string of the molecule is CCNC(=NCc1ccnc(OCC2CC2)c1)NCc1ccc(OC)cc1OC.I. The normalized spacial score (nSPS) is 13.2. The molecule has 2 aromatic rings. The summed E-state index contributed by atoms with van der Waals surface area (Å²) in [7, 11) is 3.30. The number of methoxy groups -OCH3 is 2. The fourth-order valence-electron chi connectivity index (χ4n) is 2.80. The van der Waals surface area contributed by atoms with Gasteiger partial charge in [-0.2, -0.15) is 0 Å². The number of hydrogen-bond donors (Lipinski definition) is 2. The number of pyridine rings is 1. The molecule has 1 fully saturated rings. The minimum atomic E-state index is 0. The van der Waals surface area contributed by atoms with Gasteiger partial charge >= 0.3 is 0 Å². The van der Waals surface area contributed by atoms with Gasteiger partial charge in [0.05, 0.1) is 27.4 Å². The van der Waals surface area contributed by atoms with Crippen LogP contribution in [0.4, 0.5) is 0 Å². The van der Waals surface area contributed by atoms with Crippen molar-refractivity contribution < 1.29 is 14.2 Å². The first-order valence-electron chi connectivity index (χ1n) is 10.0. The zero-order chi connectivity index (χ0) is 20.5. The van der Waals surface area contributed by atoms with Crippen molar-refractivity contribution in [3.8, 4) is 17.4 Å². The van der Waals surface area contributed by atoms with E-state index >= 15 is 0 Å². The van der Waals surface area contributed by atoms with Crippen molar-refractivity contribution in [2.75, 3.05) is 27.4 Å². The number of ether oxygens (including phenoxy) is 3. The second-order valence-corrected chi connectivity index (χ2v) is 6.98. The van der Waals surface area contributed by atoms with Crippen LogP contribution < -0.4 is 24.8 Å². The van der Waals surface area contributed by atoms with Crippen LogP contribution in [0.1, 0.15) is 30.9 Å². The monoisotopic (exact) mass is 526 g/mol. The highest BCUT2D eigenvalue weighted by molar-refractivity contribution is 14.0. The predicted molar refractivity (Wildman–Crippen MR) is 129 cm³/mol. The molecule has 164 valence electrons. The molecule has 0 amide bonds. The minimum absolute atomic E-state index is 0. The zero-order valence-corrected chi connectivity index (χ0v) is 20.1. The topological polar surface area (TPSA) is 77.0 Å². The second kappa shape index (κ2) is 12.5. The summed E-state index contributed by atoms with van der Waals surface area (Å²) >= 11 is 0. The lowest BCUT2D eigenvalue weighted by molar-refractivity contribution is 0.288. The van der Waals surface area contributed by atoms with Gasteiger partial charge in [0.1, 0.15) is 11.5 Å². The van der Waals surface area contributed by atoms with Crippen molar-refractivity contribution in [3.05, 3.63) is 47.7 Å². The average Bonchev–Trinajstić information content (AvgIpc) is 3.59. The van der Waals surface area contributed by atoms with Crippen molar-refractivity contribution in [2.45, 2.75) is 32.9 Å². The molecule has 8 heteroatoms. The number of hydrogen-bond acceptors (Lipinski definition) is 5. The standard InChI is InChI=1S/C22H30N4O3.HI/c1-4-23-22(26-14-18-7-8-19(27-2)12-20(18)28-3)25-13-17-9-10-24-21(11-17)29-15-16-5-6-16;/h7-12,16H,4-6,13-15H2,1-3H3,(H2,23,25,26);1H. The maximum atomic E-state index is 5.76. The Morgan fingerprint density at radius 2 is 1.97 bits per heavy atom. The van der Waals surface area contributed by atoms with Crippen LogP contribution in [0.15, 0.2) is 41.5 Å².